The van der Waals surface area contributed by atoms with Gasteiger partial charge >= 0.3 is 0 Å². The van der Waals surface area contributed by atoms with Gasteiger partial charge in [-0.05, 0) is 37.5 Å². The smallest absolute Gasteiger partial charge is 0.0992 e. The van der Waals surface area contributed by atoms with Gasteiger partial charge in [-0.2, -0.15) is 0 Å². The summed E-state index contributed by atoms with van der Waals surface area (Å²) in [6.45, 7) is 2.47. The maximum absolute atomic E-state index is 10.3. The maximum atomic E-state index is 10.3. The van der Waals surface area contributed by atoms with Crippen molar-refractivity contribution in [3.05, 3.63) is 34.3 Å². The third kappa shape index (κ3) is 3.03. The highest BCUT2D eigenvalue weighted by atomic mass is 79.9. The van der Waals surface area contributed by atoms with Crippen molar-refractivity contribution >= 4 is 15.9 Å². The Kier molecular flexibility index (Phi) is 3.14. The Hall–Kier alpha value is -0.380. The van der Waals surface area contributed by atoms with E-state index in [0.717, 1.165) is 10.0 Å². The van der Waals surface area contributed by atoms with Gasteiger partial charge in [0.05, 0.1) is 5.60 Å². The van der Waals surface area contributed by atoms with Gasteiger partial charge in [-0.15, -0.1) is 0 Å². The van der Waals surface area contributed by atoms with Crippen molar-refractivity contribution in [2.75, 3.05) is 6.54 Å². The molecule has 1 unspecified atom stereocenters. The van der Waals surface area contributed by atoms with Crippen molar-refractivity contribution in [2.45, 2.75) is 31.4 Å². The summed E-state index contributed by atoms with van der Waals surface area (Å²) < 4.78 is 1.01. The summed E-state index contributed by atoms with van der Waals surface area (Å²) in [4.78, 5) is 0. The van der Waals surface area contributed by atoms with E-state index in [-0.39, 0.29) is 0 Å². The molecule has 0 saturated heterocycles. The van der Waals surface area contributed by atoms with Gasteiger partial charge in [0, 0.05) is 17.1 Å². The summed E-state index contributed by atoms with van der Waals surface area (Å²) in [5.41, 5.74) is 0.164. The molecule has 3 heteroatoms. The molecule has 0 aromatic heterocycles. The lowest BCUT2D eigenvalue weighted by Gasteiger charge is -2.24. The predicted octanol–water partition coefficient (Wildman–Crippen LogP) is 2.41. The monoisotopic (exact) mass is 269 g/mol. The summed E-state index contributed by atoms with van der Waals surface area (Å²) in [6, 6.07) is 8.47. The Morgan fingerprint density at radius 2 is 2.27 bits per heavy atom. The molecule has 15 heavy (non-hydrogen) atoms. The first-order valence-corrected chi connectivity index (χ1v) is 6.09. The fraction of sp³-hybridized carbons (Fsp3) is 0.500. The van der Waals surface area contributed by atoms with E-state index < -0.39 is 5.60 Å². The molecule has 82 valence electrons. The van der Waals surface area contributed by atoms with Crippen LogP contribution >= 0.6 is 15.9 Å². The van der Waals surface area contributed by atoms with Crippen molar-refractivity contribution in [1.29, 1.82) is 0 Å². The minimum atomic E-state index is -0.785. The van der Waals surface area contributed by atoms with Crippen molar-refractivity contribution < 1.29 is 5.11 Å². The third-order valence-electron chi connectivity index (χ3n) is 2.76. The molecule has 1 aliphatic rings. The molecule has 1 atom stereocenters. The van der Waals surface area contributed by atoms with E-state index in [0.29, 0.717) is 12.6 Å². The Morgan fingerprint density at radius 1 is 1.53 bits per heavy atom. The number of benzene rings is 1. The number of hydrogen-bond acceptors (Lipinski definition) is 2. The summed E-state index contributed by atoms with van der Waals surface area (Å²) >= 11 is 3.42. The second-order valence-corrected chi connectivity index (χ2v) is 5.36. The van der Waals surface area contributed by atoms with Crippen LogP contribution in [0, 0.1) is 0 Å². The first kappa shape index (κ1) is 11.1. The fourth-order valence-electron chi connectivity index (χ4n) is 1.56. The molecule has 0 bridgehead atoms. The van der Waals surface area contributed by atoms with Gasteiger partial charge < -0.3 is 10.4 Å². The SMILES string of the molecule is CC(O)(CNC1CC1)c1cccc(Br)c1. The fourth-order valence-corrected chi connectivity index (χ4v) is 1.96. The van der Waals surface area contributed by atoms with Crippen LogP contribution in [-0.2, 0) is 5.60 Å². The van der Waals surface area contributed by atoms with E-state index in [2.05, 4.69) is 21.2 Å². The largest absolute Gasteiger partial charge is 0.384 e. The molecule has 1 aromatic carbocycles. The van der Waals surface area contributed by atoms with Gasteiger partial charge in [0.1, 0.15) is 0 Å². The van der Waals surface area contributed by atoms with Gasteiger partial charge in [0.2, 0.25) is 0 Å². The second kappa shape index (κ2) is 4.24. The summed E-state index contributed by atoms with van der Waals surface area (Å²) in [5.74, 6) is 0. The topological polar surface area (TPSA) is 32.3 Å². The quantitative estimate of drug-likeness (QED) is 0.880. The minimum absolute atomic E-state index is 0.619. The molecule has 2 nitrogen and oxygen atoms in total. The van der Waals surface area contributed by atoms with Gasteiger partial charge in [-0.25, -0.2) is 0 Å². The molecule has 1 aliphatic carbocycles. The zero-order chi connectivity index (χ0) is 10.9. The number of nitrogens with one attached hydrogen (secondary N) is 1. The number of halogens is 1. The van der Waals surface area contributed by atoms with Crippen LogP contribution in [0.2, 0.25) is 0 Å². The van der Waals surface area contributed by atoms with Crippen LogP contribution in [0.15, 0.2) is 28.7 Å². The van der Waals surface area contributed by atoms with Crippen molar-refractivity contribution in [3.63, 3.8) is 0 Å². The highest BCUT2D eigenvalue weighted by Crippen LogP contribution is 2.25. The number of rotatable bonds is 4. The van der Waals surface area contributed by atoms with Crippen LogP contribution < -0.4 is 5.32 Å². The van der Waals surface area contributed by atoms with E-state index in [1.807, 2.05) is 31.2 Å². The molecule has 0 radical (unpaired) electrons. The first-order chi connectivity index (χ1) is 7.08. The second-order valence-electron chi connectivity index (χ2n) is 4.44. The first-order valence-electron chi connectivity index (χ1n) is 5.30. The third-order valence-corrected chi connectivity index (χ3v) is 3.25. The lowest BCUT2D eigenvalue weighted by atomic mass is 9.96. The molecule has 1 aromatic rings. The Balaban J connectivity index is 2.05. The Morgan fingerprint density at radius 3 is 2.87 bits per heavy atom. The van der Waals surface area contributed by atoms with Crippen LogP contribution in [0.1, 0.15) is 25.3 Å². The Bertz CT molecular complexity index is 347. The maximum Gasteiger partial charge on any atom is 0.0992 e. The van der Waals surface area contributed by atoms with Gasteiger partial charge in [-0.1, -0.05) is 28.1 Å². The van der Waals surface area contributed by atoms with E-state index in [1.165, 1.54) is 12.8 Å². The van der Waals surface area contributed by atoms with Crippen LogP contribution in [0.3, 0.4) is 0 Å². The zero-order valence-corrected chi connectivity index (χ0v) is 10.4. The van der Waals surface area contributed by atoms with E-state index in [1.54, 1.807) is 0 Å². The lowest BCUT2D eigenvalue weighted by molar-refractivity contribution is 0.0565. The predicted molar refractivity (Wildman–Crippen MR) is 64.7 cm³/mol. The van der Waals surface area contributed by atoms with Crippen LogP contribution in [0.25, 0.3) is 0 Å². The van der Waals surface area contributed by atoms with Gasteiger partial charge in [0.15, 0.2) is 0 Å². The summed E-state index contributed by atoms with van der Waals surface area (Å²) in [7, 11) is 0. The Labute approximate surface area is 98.8 Å². The number of aliphatic hydroxyl groups is 1. The summed E-state index contributed by atoms with van der Waals surface area (Å²) in [6.07, 6.45) is 2.49. The van der Waals surface area contributed by atoms with E-state index >= 15 is 0 Å². The minimum Gasteiger partial charge on any atom is -0.384 e. The molecule has 0 amide bonds. The molecule has 0 aliphatic heterocycles. The van der Waals surface area contributed by atoms with Gasteiger partial charge in [0.25, 0.3) is 0 Å². The van der Waals surface area contributed by atoms with Crippen molar-refractivity contribution in [2.24, 2.45) is 0 Å². The molecule has 2 rings (SSSR count). The molecule has 0 heterocycles. The zero-order valence-electron chi connectivity index (χ0n) is 8.83. The van der Waals surface area contributed by atoms with Crippen LogP contribution in [-0.4, -0.2) is 17.7 Å². The molecule has 1 saturated carbocycles. The van der Waals surface area contributed by atoms with E-state index in [9.17, 15) is 5.11 Å². The molecular formula is C12H16BrNO. The highest BCUT2D eigenvalue weighted by molar-refractivity contribution is 9.10. The molecule has 0 spiro atoms. The van der Waals surface area contributed by atoms with E-state index in [4.69, 9.17) is 0 Å². The number of hydrogen-bond donors (Lipinski definition) is 2. The van der Waals surface area contributed by atoms with Crippen LogP contribution in [0.4, 0.5) is 0 Å². The van der Waals surface area contributed by atoms with Crippen LogP contribution in [0.5, 0.6) is 0 Å². The lowest BCUT2D eigenvalue weighted by Crippen LogP contribution is -2.36. The summed E-state index contributed by atoms with van der Waals surface area (Å²) in [5, 5.41) is 13.7. The van der Waals surface area contributed by atoms with Gasteiger partial charge in [-0.3, -0.25) is 0 Å². The van der Waals surface area contributed by atoms with Crippen molar-refractivity contribution in [3.8, 4) is 0 Å². The standard InChI is InChI=1S/C12H16BrNO/c1-12(15,8-14-11-5-6-11)9-3-2-4-10(13)7-9/h2-4,7,11,14-15H,5-6,8H2,1H3. The van der Waals surface area contributed by atoms with Crippen molar-refractivity contribution in [1.82, 2.24) is 5.32 Å². The normalized spacial score (nSPS) is 19.9. The average Bonchev–Trinajstić information content (AvgIpc) is 2.98. The molecular weight excluding hydrogens is 254 g/mol. The highest BCUT2D eigenvalue weighted by Gasteiger charge is 2.27. The molecule has 1 fully saturated rings. The average molecular weight is 270 g/mol. The molecule has 2 N–H and O–H groups in total.